The van der Waals surface area contributed by atoms with Gasteiger partial charge < -0.3 is 20.9 Å². The van der Waals surface area contributed by atoms with E-state index >= 15 is 0 Å². The molecule has 0 aromatic heterocycles. The molecule has 7 nitrogen and oxygen atoms in total. The quantitative estimate of drug-likeness (QED) is 0.567. The second-order valence-electron chi connectivity index (χ2n) is 4.15. The van der Waals surface area contributed by atoms with Crippen molar-refractivity contribution in [2.45, 2.75) is 38.5 Å². The van der Waals surface area contributed by atoms with Gasteiger partial charge in [0.2, 0.25) is 5.91 Å². The molecular formula is C11H16N2O5. The minimum absolute atomic E-state index is 0.0214. The first-order valence-corrected chi connectivity index (χ1v) is 5.45. The van der Waals surface area contributed by atoms with E-state index in [-0.39, 0.29) is 17.9 Å². The molecule has 3 atom stereocenters. The van der Waals surface area contributed by atoms with Crippen LogP contribution in [0.3, 0.4) is 0 Å². The molecule has 0 heterocycles. The van der Waals surface area contributed by atoms with Gasteiger partial charge in [0.25, 0.3) is 0 Å². The Morgan fingerprint density at radius 2 is 2.06 bits per heavy atom. The van der Waals surface area contributed by atoms with Gasteiger partial charge in [0.15, 0.2) is 0 Å². The first-order valence-electron chi connectivity index (χ1n) is 5.45. The van der Waals surface area contributed by atoms with Crippen molar-refractivity contribution in [3.63, 3.8) is 0 Å². The predicted molar refractivity (Wildman–Crippen MR) is 61.5 cm³/mol. The number of hydrogen-bond donors (Lipinski definition) is 3. The van der Waals surface area contributed by atoms with Crippen molar-refractivity contribution in [1.29, 1.82) is 0 Å². The zero-order valence-electron chi connectivity index (χ0n) is 10.2. The lowest BCUT2D eigenvalue weighted by Crippen LogP contribution is -2.56. The van der Waals surface area contributed by atoms with Crippen molar-refractivity contribution in [2.75, 3.05) is 0 Å². The van der Waals surface area contributed by atoms with Crippen molar-refractivity contribution in [3.05, 3.63) is 11.6 Å². The van der Waals surface area contributed by atoms with Crippen LogP contribution >= 0.6 is 0 Å². The van der Waals surface area contributed by atoms with Crippen LogP contribution in [0, 0.1) is 0 Å². The third kappa shape index (κ3) is 3.56. The number of hydrogen-bond acceptors (Lipinski definition) is 5. The fourth-order valence-corrected chi connectivity index (χ4v) is 1.91. The molecule has 0 spiro atoms. The van der Waals surface area contributed by atoms with E-state index in [1.165, 1.54) is 19.9 Å². The maximum atomic E-state index is 11.1. The average Bonchev–Trinajstić information content (AvgIpc) is 2.21. The lowest BCUT2D eigenvalue weighted by molar-refractivity contribution is -0.150. The highest BCUT2D eigenvalue weighted by Crippen LogP contribution is 2.21. The summed E-state index contributed by atoms with van der Waals surface area (Å²) in [6, 6.07) is -1.33. The van der Waals surface area contributed by atoms with Crippen molar-refractivity contribution >= 4 is 17.8 Å². The Labute approximate surface area is 104 Å². The van der Waals surface area contributed by atoms with Crippen LogP contribution in [0.4, 0.5) is 0 Å². The Morgan fingerprint density at radius 3 is 2.50 bits per heavy atom. The van der Waals surface area contributed by atoms with E-state index in [9.17, 15) is 14.4 Å². The van der Waals surface area contributed by atoms with Gasteiger partial charge in [-0.15, -0.1) is 0 Å². The number of rotatable bonds is 3. The molecule has 0 fully saturated rings. The molecule has 7 heteroatoms. The van der Waals surface area contributed by atoms with Gasteiger partial charge in [0.1, 0.15) is 6.10 Å². The van der Waals surface area contributed by atoms with Crippen LogP contribution in [0.5, 0.6) is 0 Å². The first kappa shape index (κ1) is 14.2. The number of esters is 1. The van der Waals surface area contributed by atoms with Crippen molar-refractivity contribution in [2.24, 2.45) is 5.73 Å². The molecule has 0 saturated carbocycles. The molecule has 0 bridgehead atoms. The summed E-state index contributed by atoms with van der Waals surface area (Å²) in [6.07, 6.45) is 0.619. The van der Waals surface area contributed by atoms with Gasteiger partial charge in [-0.25, -0.2) is 4.79 Å². The minimum Gasteiger partial charge on any atom is -0.478 e. The largest absolute Gasteiger partial charge is 0.478 e. The molecule has 0 radical (unpaired) electrons. The predicted octanol–water partition coefficient (Wildman–Crippen LogP) is -0.835. The number of ether oxygens (including phenoxy) is 1. The number of carboxylic acid groups (broad SMARTS) is 1. The summed E-state index contributed by atoms with van der Waals surface area (Å²) in [5.41, 5.74) is 5.85. The molecule has 0 aromatic carbocycles. The smallest absolute Gasteiger partial charge is 0.331 e. The van der Waals surface area contributed by atoms with Crippen molar-refractivity contribution in [3.8, 4) is 0 Å². The highest BCUT2D eigenvalue weighted by atomic mass is 16.5. The topological polar surface area (TPSA) is 119 Å². The Morgan fingerprint density at radius 1 is 1.44 bits per heavy atom. The Balaban J connectivity index is 2.94. The fourth-order valence-electron chi connectivity index (χ4n) is 1.91. The summed E-state index contributed by atoms with van der Waals surface area (Å²) >= 11 is 0. The van der Waals surface area contributed by atoms with E-state index in [2.05, 4.69) is 5.32 Å². The van der Waals surface area contributed by atoms with E-state index in [1.807, 2.05) is 0 Å². The molecule has 0 aromatic rings. The van der Waals surface area contributed by atoms with Crippen LogP contribution in [0.1, 0.15) is 20.3 Å². The number of carbonyl (C=O) groups is 3. The van der Waals surface area contributed by atoms with E-state index in [4.69, 9.17) is 15.6 Å². The van der Waals surface area contributed by atoms with Crippen LogP contribution in [-0.2, 0) is 19.1 Å². The molecule has 0 saturated heterocycles. The lowest BCUT2D eigenvalue weighted by Gasteiger charge is -2.34. The van der Waals surface area contributed by atoms with E-state index in [0.29, 0.717) is 0 Å². The average molecular weight is 256 g/mol. The summed E-state index contributed by atoms with van der Waals surface area (Å²) in [6.45, 7) is 2.53. The molecular weight excluding hydrogens is 240 g/mol. The molecule has 100 valence electrons. The zero-order chi connectivity index (χ0) is 13.9. The van der Waals surface area contributed by atoms with Crippen LogP contribution in [0.25, 0.3) is 0 Å². The van der Waals surface area contributed by atoms with Crippen LogP contribution in [0.15, 0.2) is 11.6 Å². The summed E-state index contributed by atoms with van der Waals surface area (Å²) in [4.78, 5) is 33.0. The summed E-state index contributed by atoms with van der Waals surface area (Å²) < 4.78 is 5.02. The molecule has 1 rings (SSSR count). The molecule has 18 heavy (non-hydrogen) atoms. The third-order valence-electron chi connectivity index (χ3n) is 2.59. The van der Waals surface area contributed by atoms with Crippen molar-refractivity contribution < 1.29 is 24.2 Å². The molecule has 1 amide bonds. The number of amides is 1. The summed E-state index contributed by atoms with van der Waals surface area (Å²) in [7, 11) is 0. The third-order valence-corrected chi connectivity index (χ3v) is 2.59. The highest BCUT2D eigenvalue weighted by molar-refractivity contribution is 5.87. The fraction of sp³-hybridized carbons (Fsp3) is 0.545. The van der Waals surface area contributed by atoms with Gasteiger partial charge in [0, 0.05) is 31.9 Å². The summed E-state index contributed by atoms with van der Waals surface area (Å²) in [5.74, 6) is -1.97. The summed E-state index contributed by atoms with van der Waals surface area (Å²) in [5, 5.41) is 11.5. The van der Waals surface area contributed by atoms with Gasteiger partial charge >= 0.3 is 11.9 Å². The SMILES string of the molecule is CC(=O)N[C@@H]1[C@@H](N)C=C(C(=O)O)C[C@H]1OC(C)=O. The van der Waals surface area contributed by atoms with Crippen LogP contribution < -0.4 is 11.1 Å². The number of nitrogens with two attached hydrogens (primary N) is 1. The number of carboxylic acids is 1. The number of aliphatic carboxylic acids is 1. The van der Waals surface area contributed by atoms with E-state index in [0.717, 1.165) is 0 Å². The molecule has 1 aliphatic rings. The van der Waals surface area contributed by atoms with E-state index < -0.39 is 30.1 Å². The second-order valence-corrected chi connectivity index (χ2v) is 4.15. The van der Waals surface area contributed by atoms with Crippen molar-refractivity contribution in [1.82, 2.24) is 5.32 Å². The van der Waals surface area contributed by atoms with Crippen LogP contribution in [0.2, 0.25) is 0 Å². The molecule has 1 aliphatic carbocycles. The lowest BCUT2D eigenvalue weighted by atomic mass is 9.88. The van der Waals surface area contributed by atoms with Gasteiger partial charge in [-0.05, 0) is 0 Å². The molecule has 0 aliphatic heterocycles. The Hall–Kier alpha value is -1.89. The van der Waals surface area contributed by atoms with E-state index in [1.54, 1.807) is 0 Å². The molecule has 0 unspecified atom stereocenters. The maximum absolute atomic E-state index is 11.1. The van der Waals surface area contributed by atoms with Gasteiger partial charge in [-0.1, -0.05) is 6.08 Å². The first-order chi connectivity index (χ1) is 8.31. The monoisotopic (exact) mass is 256 g/mol. The number of carbonyl (C=O) groups excluding carboxylic acids is 2. The standard InChI is InChI=1S/C11H16N2O5/c1-5(14)13-10-8(12)3-7(11(16)17)4-9(10)18-6(2)15/h3,8-10H,4,12H2,1-2H3,(H,13,14)(H,16,17)/t8-,9+,10+/m0/s1. The van der Waals surface area contributed by atoms with Gasteiger partial charge in [-0.3, -0.25) is 9.59 Å². The molecule has 4 N–H and O–H groups in total. The maximum Gasteiger partial charge on any atom is 0.331 e. The Bertz CT molecular complexity index is 404. The Kier molecular flexibility index (Phi) is 4.43. The van der Waals surface area contributed by atoms with Gasteiger partial charge in [0.05, 0.1) is 6.04 Å². The normalized spacial score (nSPS) is 27.1. The number of nitrogens with one attached hydrogen (secondary N) is 1. The van der Waals surface area contributed by atoms with Gasteiger partial charge in [-0.2, -0.15) is 0 Å². The minimum atomic E-state index is -1.11. The van der Waals surface area contributed by atoms with Crippen LogP contribution in [-0.4, -0.2) is 41.1 Å². The zero-order valence-corrected chi connectivity index (χ0v) is 10.2. The highest BCUT2D eigenvalue weighted by Gasteiger charge is 2.36. The second kappa shape index (κ2) is 5.63.